The van der Waals surface area contributed by atoms with Crippen LogP contribution in [0, 0.1) is 6.92 Å². The number of sulfonamides is 1. The lowest BCUT2D eigenvalue weighted by Crippen LogP contribution is -2.47. The first-order valence-electron chi connectivity index (χ1n) is 6.34. The highest BCUT2D eigenvalue weighted by Crippen LogP contribution is 2.27. The minimum atomic E-state index is -3.67. The molecule has 7 heteroatoms. The number of rotatable bonds is 4. The molecule has 20 heavy (non-hydrogen) atoms. The summed E-state index contributed by atoms with van der Waals surface area (Å²) < 4.78 is 32.8. The number of ether oxygens (including phenoxy) is 1. The molecule has 1 fully saturated rings. The Labute approximate surface area is 127 Å². The highest BCUT2D eigenvalue weighted by Gasteiger charge is 2.40. The van der Waals surface area contributed by atoms with E-state index < -0.39 is 15.6 Å². The molecule has 0 aliphatic carbocycles. The van der Waals surface area contributed by atoms with Gasteiger partial charge in [-0.2, -0.15) is 0 Å². The Morgan fingerprint density at radius 2 is 2.25 bits per heavy atom. The molecule has 0 amide bonds. The summed E-state index contributed by atoms with van der Waals surface area (Å²) in [6, 6.07) is 5.01. The standard InChI is InChI=1S/C13H18BrNO4S/c1-9-3-4-12(11(14)7-9)20(17,18)15-8-13(16)5-6-19-10(13)2/h3-4,7,10,15-16H,5-6,8H2,1-2H3. The van der Waals surface area contributed by atoms with Crippen LogP contribution < -0.4 is 4.72 Å². The van der Waals surface area contributed by atoms with E-state index in [0.717, 1.165) is 5.56 Å². The predicted octanol–water partition coefficient (Wildman–Crippen LogP) is 1.58. The van der Waals surface area contributed by atoms with Gasteiger partial charge in [-0.15, -0.1) is 0 Å². The van der Waals surface area contributed by atoms with Crippen LogP contribution in [-0.2, 0) is 14.8 Å². The van der Waals surface area contributed by atoms with E-state index in [1.807, 2.05) is 6.92 Å². The van der Waals surface area contributed by atoms with Crippen LogP contribution in [0.2, 0.25) is 0 Å². The second kappa shape index (κ2) is 5.73. The fraction of sp³-hybridized carbons (Fsp3) is 0.538. The Hall–Kier alpha value is -0.470. The van der Waals surface area contributed by atoms with Gasteiger partial charge in [0.15, 0.2) is 0 Å². The van der Waals surface area contributed by atoms with Crippen LogP contribution in [0.1, 0.15) is 18.9 Å². The van der Waals surface area contributed by atoms with E-state index in [-0.39, 0.29) is 17.5 Å². The first-order valence-corrected chi connectivity index (χ1v) is 8.62. The van der Waals surface area contributed by atoms with Gasteiger partial charge in [-0.25, -0.2) is 13.1 Å². The Morgan fingerprint density at radius 1 is 1.55 bits per heavy atom. The van der Waals surface area contributed by atoms with Crippen LogP contribution in [-0.4, -0.2) is 38.4 Å². The second-order valence-electron chi connectivity index (χ2n) is 5.13. The van der Waals surface area contributed by atoms with Gasteiger partial charge in [0, 0.05) is 24.0 Å². The molecule has 1 heterocycles. The third-order valence-corrected chi connectivity index (χ3v) is 5.98. The number of nitrogens with one attached hydrogen (secondary N) is 1. The zero-order chi connectivity index (χ0) is 15.0. The van der Waals surface area contributed by atoms with Crippen LogP contribution >= 0.6 is 15.9 Å². The third-order valence-electron chi connectivity index (χ3n) is 3.60. The summed E-state index contributed by atoms with van der Waals surface area (Å²) in [5, 5.41) is 10.3. The molecule has 112 valence electrons. The summed E-state index contributed by atoms with van der Waals surface area (Å²) in [7, 11) is -3.67. The first-order chi connectivity index (χ1) is 9.24. The molecule has 2 rings (SSSR count). The zero-order valence-electron chi connectivity index (χ0n) is 11.4. The van der Waals surface area contributed by atoms with Crippen molar-refractivity contribution >= 4 is 26.0 Å². The van der Waals surface area contributed by atoms with Gasteiger partial charge in [0.05, 0.1) is 11.0 Å². The Bertz CT molecular complexity index is 604. The zero-order valence-corrected chi connectivity index (χ0v) is 13.8. The Balaban J connectivity index is 2.15. The van der Waals surface area contributed by atoms with Gasteiger partial charge in [-0.05, 0) is 47.5 Å². The average Bonchev–Trinajstić information content (AvgIpc) is 2.68. The van der Waals surface area contributed by atoms with Crippen molar-refractivity contribution in [3.8, 4) is 0 Å². The maximum absolute atomic E-state index is 12.3. The first kappa shape index (κ1) is 15.9. The van der Waals surface area contributed by atoms with E-state index in [1.54, 1.807) is 25.1 Å². The van der Waals surface area contributed by atoms with Gasteiger partial charge >= 0.3 is 0 Å². The van der Waals surface area contributed by atoms with Crippen molar-refractivity contribution in [3.63, 3.8) is 0 Å². The van der Waals surface area contributed by atoms with Crippen molar-refractivity contribution in [2.45, 2.75) is 36.9 Å². The van der Waals surface area contributed by atoms with E-state index in [1.165, 1.54) is 0 Å². The SMILES string of the molecule is Cc1ccc(S(=O)(=O)NCC2(O)CCOC2C)c(Br)c1. The summed E-state index contributed by atoms with van der Waals surface area (Å²) >= 11 is 3.26. The molecule has 1 aromatic rings. The molecular weight excluding hydrogens is 346 g/mol. The van der Waals surface area contributed by atoms with Crippen LogP contribution in [0.15, 0.2) is 27.6 Å². The highest BCUT2D eigenvalue weighted by atomic mass is 79.9. The van der Waals surface area contributed by atoms with Crippen molar-refractivity contribution in [3.05, 3.63) is 28.2 Å². The Morgan fingerprint density at radius 3 is 2.80 bits per heavy atom. The number of hydrogen-bond donors (Lipinski definition) is 2. The summed E-state index contributed by atoms with van der Waals surface area (Å²) in [4.78, 5) is 0.165. The Kier molecular flexibility index (Phi) is 4.56. The molecule has 1 aromatic carbocycles. The molecule has 1 aliphatic rings. The number of aliphatic hydroxyl groups is 1. The van der Waals surface area contributed by atoms with Crippen molar-refractivity contribution in [1.82, 2.24) is 4.72 Å². The summed E-state index contributed by atoms with van der Waals surface area (Å²) in [5.41, 5.74) is -0.184. The quantitative estimate of drug-likeness (QED) is 0.851. The lowest BCUT2D eigenvalue weighted by molar-refractivity contribution is -0.0228. The van der Waals surface area contributed by atoms with Crippen molar-refractivity contribution in [1.29, 1.82) is 0 Å². The molecule has 2 N–H and O–H groups in total. The molecule has 0 bridgehead atoms. The summed E-state index contributed by atoms with van der Waals surface area (Å²) in [6.45, 7) is 4.00. The molecule has 0 saturated carbocycles. The van der Waals surface area contributed by atoms with Crippen LogP contribution in [0.3, 0.4) is 0 Å². The number of hydrogen-bond acceptors (Lipinski definition) is 4. The second-order valence-corrected chi connectivity index (χ2v) is 7.71. The number of aryl methyl sites for hydroxylation is 1. The molecule has 1 saturated heterocycles. The van der Waals surface area contributed by atoms with E-state index in [4.69, 9.17) is 4.74 Å². The minimum Gasteiger partial charge on any atom is -0.386 e. The van der Waals surface area contributed by atoms with Crippen LogP contribution in [0.5, 0.6) is 0 Å². The van der Waals surface area contributed by atoms with Crippen molar-refractivity contribution in [2.24, 2.45) is 0 Å². The van der Waals surface area contributed by atoms with Gasteiger partial charge in [0.25, 0.3) is 0 Å². The van der Waals surface area contributed by atoms with E-state index in [9.17, 15) is 13.5 Å². The fourth-order valence-corrected chi connectivity index (χ4v) is 4.42. The van der Waals surface area contributed by atoms with E-state index in [0.29, 0.717) is 17.5 Å². The largest absolute Gasteiger partial charge is 0.386 e. The monoisotopic (exact) mass is 363 g/mol. The average molecular weight is 364 g/mol. The van der Waals surface area contributed by atoms with Gasteiger partial charge in [0.1, 0.15) is 5.60 Å². The van der Waals surface area contributed by atoms with Gasteiger partial charge in [-0.3, -0.25) is 0 Å². The topological polar surface area (TPSA) is 75.6 Å². The van der Waals surface area contributed by atoms with E-state index >= 15 is 0 Å². The van der Waals surface area contributed by atoms with Crippen molar-refractivity contribution < 1.29 is 18.3 Å². The molecule has 1 aliphatic heterocycles. The predicted molar refractivity (Wildman–Crippen MR) is 79.0 cm³/mol. The maximum atomic E-state index is 12.3. The molecule has 2 atom stereocenters. The number of benzene rings is 1. The molecule has 0 radical (unpaired) electrons. The maximum Gasteiger partial charge on any atom is 0.241 e. The minimum absolute atomic E-state index is 0.0587. The lowest BCUT2D eigenvalue weighted by Gasteiger charge is -2.26. The highest BCUT2D eigenvalue weighted by molar-refractivity contribution is 9.10. The van der Waals surface area contributed by atoms with Crippen LogP contribution in [0.25, 0.3) is 0 Å². The van der Waals surface area contributed by atoms with Crippen molar-refractivity contribution in [2.75, 3.05) is 13.2 Å². The number of halogens is 1. The van der Waals surface area contributed by atoms with Crippen LogP contribution in [0.4, 0.5) is 0 Å². The molecule has 0 spiro atoms. The smallest absolute Gasteiger partial charge is 0.241 e. The van der Waals surface area contributed by atoms with E-state index in [2.05, 4.69) is 20.7 Å². The molecule has 5 nitrogen and oxygen atoms in total. The van der Waals surface area contributed by atoms with Gasteiger partial charge in [-0.1, -0.05) is 6.07 Å². The molecule has 0 aromatic heterocycles. The fourth-order valence-electron chi connectivity index (χ4n) is 2.12. The molecule has 2 unspecified atom stereocenters. The molecular formula is C13H18BrNO4S. The van der Waals surface area contributed by atoms with Gasteiger partial charge in [0.2, 0.25) is 10.0 Å². The normalized spacial score (nSPS) is 26.9. The lowest BCUT2D eigenvalue weighted by atomic mass is 9.97. The summed E-state index contributed by atoms with van der Waals surface area (Å²) in [6.07, 6.45) is 0.0397. The van der Waals surface area contributed by atoms with Gasteiger partial charge < -0.3 is 9.84 Å². The summed E-state index contributed by atoms with van der Waals surface area (Å²) in [5.74, 6) is 0. The third kappa shape index (κ3) is 3.23.